The Labute approximate surface area is 222 Å². The molecule has 11 heteroatoms. The van der Waals surface area contributed by atoms with Crippen molar-refractivity contribution in [1.82, 2.24) is 25.2 Å². The van der Waals surface area contributed by atoms with Crippen LogP contribution in [0.5, 0.6) is 0 Å². The number of urea groups is 1. The molecule has 1 aromatic carbocycles. The summed E-state index contributed by atoms with van der Waals surface area (Å²) < 4.78 is 0. The molecule has 3 aromatic rings. The minimum absolute atomic E-state index is 0. The molecule has 35 heavy (non-hydrogen) atoms. The monoisotopic (exact) mass is 539 g/mol. The van der Waals surface area contributed by atoms with Crippen molar-refractivity contribution < 1.29 is 4.79 Å². The van der Waals surface area contributed by atoms with Crippen LogP contribution in [0.4, 0.5) is 16.6 Å². The van der Waals surface area contributed by atoms with Crippen LogP contribution in [0.25, 0.3) is 22.2 Å². The van der Waals surface area contributed by atoms with Gasteiger partial charge in [-0.3, -0.25) is 5.32 Å². The number of carbonyl (C=O) groups is 1. The number of nitrogens with one attached hydrogen (secondary N) is 3. The second-order valence-corrected chi connectivity index (χ2v) is 8.55. The van der Waals surface area contributed by atoms with Crippen molar-refractivity contribution in [3.05, 3.63) is 40.5 Å². The zero-order chi connectivity index (χ0) is 24.5. The van der Waals surface area contributed by atoms with Gasteiger partial charge in [0.15, 0.2) is 5.65 Å². The number of nitrogens with zero attached hydrogens (tertiary/aromatic N) is 4. The molecule has 0 aliphatic carbocycles. The third-order valence-electron chi connectivity index (χ3n) is 5.45. The van der Waals surface area contributed by atoms with Gasteiger partial charge in [0.25, 0.3) is 0 Å². The Hall–Kier alpha value is -2.39. The number of hydrogen-bond acceptors (Lipinski definition) is 6. The van der Waals surface area contributed by atoms with Crippen LogP contribution < -0.4 is 16.0 Å². The number of benzene rings is 1. The average Bonchev–Trinajstić information content (AvgIpc) is 2.81. The molecule has 0 aliphatic heterocycles. The van der Waals surface area contributed by atoms with Gasteiger partial charge in [-0.1, -0.05) is 43.1 Å². The van der Waals surface area contributed by atoms with Crippen molar-refractivity contribution in [2.75, 3.05) is 43.4 Å². The van der Waals surface area contributed by atoms with Gasteiger partial charge in [0.05, 0.1) is 10.0 Å². The highest BCUT2D eigenvalue weighted by molar-refractivity contribution is 6.39. The maximum Gasteiger partial charge on any atom is 0.320 e. The van der Waals surface area contributed by atoms with Gasteiger partial charge in [-0.25, -0.2) is 14.8 Å². The second kappa shape index (κ2) is 14.2. The summed E-state index contributed by atoms with van der Waals surface area (Å²) in [5.74, 6) is 0.813. The van der Waals surface area contributed by atoms with Crippen LogP contribution in [0.3, 0.4) is 0 Å². The fraction of sp³-hybridized carbons (Fsp3) is 0.417. The van der Waals surface area contributed by atoms with E-state index in [0.717, 1.165) is 39.0 Å². The van der Waals surface area contributed by atoms with Crippen LogP contribution in [0.2, 0.25) is 10.0 Å². The zero-order valence-electron chi connectivity index (χ0n) is 20.2. The number of hydrogen-bond donors (Lipinski definition) is 3. The molecule has 0 unspecified atom stereocenters. The first-order valence-electron chi connectivity index (χ1n) is 11.6. The smallest absolute Gasteiger partial charge is 0.320 e. The molecule has 0 bridgehead atoms. The Kier molecular flexibility index (Phi) is 11.7. The Morgan fingerprint density at radius 2 is 1.77 bits per heavy atom. The quantitative estimate of drug-likeness (QED) is 0.255. The summed E-state index contributed by atoms with van der Waals surface area (Å²) in [5.41, 5.74) is 1.64. The van der Waals surface area contributed by atoms with Crippen molar-refractivity contribution in [3.8, 4) is 11.1 Å². The van der Waals surface area contributed by atoms with E-state index in [-0.39, 0.29) is 18.4 Å². The predicted octanol–water partition coefficient (Wildman–Crippen LogP) is 6.10. The maximum atomic E-state index is 12.3. The highest BCUT2D eigenvalue weighted by Gasteiger charge is 2.18. The second-order valence-electron chi connectivity index (χ2n) is 7.73. The highest BCUT2D eigenvalue weighted by atomic mass is 35.5. The van der Waals surface area contributed by atoms with Gasteiger partial charge in [-0.05, 0) is 57.6 Å². The third kappa shape index (κ3) is 7.80. The molecule has 3 N–H and O–H groups in total. The summed E-state index contributed by atoms with van der Waals surface area (Å²) in [4.78, 5) is 28.3. The molecule has 8 nitrogen and oxygen atoms in total. The summed E-state index contributed by atoms with van der Waals surface area (Å²) in [6.07, 6.45) is 3.82. The number of pyridine rings is 1. The Morgan fingerprint density at radius 3 is 2.43 bits per heavy atom. The van der Waals surface area contributed by atoms with E-state index in [1.165, 1.54) is 0 Å². The minimum atomic E-state index is -0.376. The number of aromatic nitrogens is 3. The van der Waals surface area contributed by atoms with E-state index >= 15 is 0 Å². The molecule has 0 saturated carbocycles. The van der Waals surface area contributed by atoms with Crippen LogP contribution in [0.1, 0.15) is 33.6 Å². The lowest BCUT2D eigenvalue weighted by Crippen LogP contribution is -2.29. The van der Waals surface area contributed by atoms with Crippen molar-refractivity contribution in [3.63, 3.8) is 0 Å². The molecule has 3 rings (SSSR count). The maximum absolute atomic E-state index is 12.3. The summed E-state index contributed by atoms with van der Waals surface area (Å²) >= 11 is 12.9. The molecular formula is C24H32Cl3N7O. The molecule has 2 amide bonds. The van der Waals surface area contributed by atoms with Gasteiger partial charge in [0.2, 0.25) is 5.95 Å². The summed E-state index contributed by atoms with van der Waals surface area (Å²) in [7, 11) is 0. The summed E-state index contributed by atoms with van der Waals surface area (Å²) in [6, 6.07) is 6.71. The lowest BCUT2D eigenvalue weighted by atomic mass is 10.0. The number of fused-ring (bicyclic) bond motifs is 1. The Balaban J connectivity index is 0.00000432. The molecule has 2 heterocycles. The highest BCUT2D eigenvalue weighted by Crippen LogP contribution is 2.39. The molecule has 0 spiro atoms. The molecule has 0 atom stereocenters. The molecule has 2 aromatic heterocycles. The van der Waals surface area contributed by atoms with Crippen molar-refractivity contribution in [2.45, 2.75) is 33.6 Å². The SMILES string of the molecule is CCNC(=O)Nc1nc2nc(NCCCCN(CC)CC)ncc2cc1-c1c(Cl)cccc1Cl.Cl. The van der Waals surface area contributed by atoms with Crippen LogP contribution >= 0.6 is 35.6 Å². The van der Waals surface area contributed by atoms with Crippen molar-refractivity contribution in [2.24, 2.45) is 0 Å². The standard InChI is InChI=1S/C24H31Cl2N7O.ClH/c1-4-27-24(34)32-22-17(20-18(25)10-9-11-19(20)26)14-16-15-29-23(31-21(16)30-22)28-12-7-8-13-33(5-2)6-3;/h9-11,14-15H,4-8,12-13H2,1-3H3,(H3,27,28,29,30,31,32,34);1H. The Bertz CT molecular complexity index is 1110. The van der Waals surface area contributed by atoms with Crippen LogP contribution in [0.15, 0.2) is 30.5 Å². The van der Waals surface area contributed by atoms with Crippen LogP contribution in [-0.4, -0.2) is 58.6 Å². The first-order chi connectivity index (χ1) is 16.5. The van der Waals surface area contributed by atoms with E-state index in [2.05, 4.69) is 49.6 Å². The van der Waals surface area contributed by atoms with Gasteiger partial charge >= 0.3 is 6.03 Å². The fourth-order valence-electron chi connectivity index (χ4n) is 3.60. The van der Waals surface area contributed by atoms with E-state index in [4.69, 9.17) is 23.2 Å². The number of rotatable bonds is 11. The first-order valence-corrected chi connectivity index (χ1v) is 12.4. The van der Waals surface area contributed by atoms with Gasteiger partial charge in [0, 0.05) is 35.8 Å². The lowest BCUT2D eigenvalue weighted by Gasteiger charge is -2.17. The van der Waals surface area contributed by atoms with Gasteiger partial charge < -0.3 is 15.5 Å². The van der Waals surface area contributed by atoms with Crippen LogP contribution in [0, 0.1) is 0 Å². The largest absolute Gasteiger partial charge is 0.354 e. The molecule has 190 valence electrons. The number of amides is 2. The van der Waals surface area contributed by atoms with Gasteiger partial charge in [-0.2, -0.15) is 4.98 Å². The lowest BCUT2D eigenvalue weighted by molar-refractivity contribution is 0.252. The number of unbranched alkanes of at least 4 members (excludes halogenated alkanes) is 1. The number of carbonyl (C=O) groups excluding carboxylic acids is 1. The number of halogens is 3. The van der Waals surface area contributed by atoms with Gasteiger partial charge in [0.1, 0.15) is 5.82 Å². The molecule has 0 aliphatic rings. The average molecular weight is 541 g/mol. The molecule has 0 fully saturated rings. The van der Waals surface area contributed by atoms with E-state index in [9.17, 15) is 4.79 Å². The zero-order valence-corrected chi connectivity index (χ0v) is 22.5. The normalized spacial score (nSPS) is 10.8. The summed E-state index contributed by atoms with van der Waals surface area (Å²) in [5, 5.41) is 10.4. The molecule has 0 saturated heterocycles. The van der Waals surface area contributed by atoms with Gasteiger partial charge in [-0.15, -0.1) is 12.4 Å². The minimum Gasteiger partial charge on any atom is -0.354 e. The number of anilines is 2. The van der Waals surface area contributed by atoms with Crippen LogP contribution in [-0.2, 0) is 0 Å². The Morgan fingerprint density at radius 1 is 1.06 bits per heavy atom. The van der Waals surface area contributed by atoms with E-state index in [0.29, 0.717) is 50.5 Å². The van der Waals surface area contributed by atoms with E-state index in [1.54, 1.807) is 24.4 Å². The van der Waals surface area contributed by atoms with Crippen molar-refractivity contribution in [1.29, 1.82) is 0 Å². The van der Waals surface area contributed by atoms with E-state index in [1.807, 2.05) is 13.0 Å². The fourth-order valence-corrected chi connectivity index (χ4v) is 4.20. The van der Waals surface area contributed by atoms with E-state index < -0.39 is 0 Å². The summed E-state index contributed by atoms with van der Waals surface area (Å²) in [6.45, 7) is 10.7. The van der Waals surface area contributed by atoms with Crippen molar-refractivity contribution >= 4 is 64.4 Å². The topological polar surface area (TPSA) is 95.1 Å². The molecule has 0 radical (unpaired) electrons. The first kappa shape index (κ1) is 28.8. The predicted molar refractivity (Wildman–Crippen MR) is 148 cm³/mol. The molecular weight excluding hydrogens is 509 g/mol. The third-order valence-corrected chi connectivity index (χ3v) is 6.08.